The van der Waals surface area contributed by atoms with Gasteiger partial charge in [-0.2, -0.15) is 0 Å². The summed E-state index contributed by atoms with van der Waals surface area (Å²) in [5.41, 5.74) is 0.778. The minimum absolute atomic E-state index is 0.134. The van der Waals surface area contributed by atoms with Crippen LogP contribution in [0.3, 0.4) is 0 Å². The lowest BCUT2D eigenvalue weighted by Crippen LogP contribution is -2.27. The van der Waals surface area contributed by atoms with Crippen molar-refractivity contribution < 1.29 is 4.79 Å². The molecule has 2 atom stereocenters. The summed E-state index contributed by atoms with van der Waals surface area (Å²) in [7, 11) is 0. The smallest absolute Gasteiger partial charge is 0.167 e. The number of alkyl halides is 1. The molecule has 0 amide bonds. The van der Waals surface area contributed by atoms with Crippen molar-refractivity contribution in [2.45, 2.75) is 30.5 Å². The average Bonchev–Trinajstić information content (AvgIpc) is 2.30. The minimum atomic E-state index is 0.134. The number of halogens is 2. The van der Waals surface area contributed by atoms with Crippen molar-refractivity contribution in [1.82, 2.24) is 0 Å². The van der Waals surface area contributed by atoms with Gasteiger partial charge >= 0.3 is 0 Å². The van der Waals surface area contributed by atoms with Gasteiger partial charge in [0.05, 0.1) is 0 Å². The summed E-state index contributed by atoms with van der Waals surface area (Å²) < 4.78 is 0. The maximum atomic E-state index is 12.2. The van der Waals surface area contributed by atoms with Crippen LogP contribution in [0.4, 0.5) is 0 Å². The fourth-order valence-electron chi connectivity index (χ4n) is 2.21. The highest BCUT2D eigenvalue weighted by molar-refractivity contribution is 9.09. The van der Waals surface area contributed by atoms with Crippen molar-refractivity contribution >= 4 is 33.3 Å². The number of Topliss-reactive ketones (excluding diaryl/α,β-unsaturated/α-hetero) is 1. The van der Waals surface area contributed by atoms with Gasteiger partial charge in [-0.05, 0) is 37.1 Å². The van der Waals surface area contributed by atoms with Crippen molar-refractivity contribution in [3.8, 4) is 0 Å². The molecule has 0 saturated heterocycles. The van der Waals surface area contributed by atoms with Crippen LogP contribution in [0.2, 0.25) is 5.02 Å². The van der Waals surface area contributed by atoms with E-state index in [-0.39, 0.29) is 11.7 Å². The van der Waals surface area contributed by atoms with Crippen LogP contribution >= 0.6 is 27.5 Å². The van der Waals surface area contributed by atoms with Crippen molar-refractivity contribution in [2.75, 3.05) is 0 Å². The third kappa shape index (κ3) is 2.67. The van der Waals surface area contributed by atoms with E-state index in [4.69, 9.17) is 11.6 Å². The van der Waals surface area contributed by atoms with Crippen LogP contribution in [-0.2, 0) is 0 Å². The van der Waals surface area contributed by atoms with E-state index in [0.29, 0.717) is 9.85 Å². The maximum absolute atomic E-state index is 12.2. The zero-order chi connectivity index (χ0) is 11.5. The first-order valence-electron chi connectivity index (χ1n) is 5.62. The molecule has 0 spiro atoms. The van der Waals surface area contributed by atoms with E-state index in [2.05, 4.69) is 15.9 Å². The summed E-state index contributed by atoms with van der Waals surface area (Å²) in [5, 5.41) is 0.676. The molecule has 3 heteroatoms. The summed E-state index contributed by atoms with van der Waals surface area (Å²) in [6.07, 6.45) is 4.48. The normalized spacial score (nSPS) is 25.4. The molecule has 0 heterocycles. The van der Waals surface area contributed by atoms with Gasteiger partial charge in [0.1, 0.15) is 0 Å². The van der Waals surface area contributed by atoms with E-state index >= 15 is 0 Å². The predicted octanol–water partition coefficient (Wildman–Crippen LogP) is 4.48. The second kappa shape index (κ2) is 5.33. The molecular weight excluding hydrogens is 287 g/mol. The Balaban J connectivity index is 2.14. The lowest BCUT2D eigenvalue weighted by Gasteiger charge is -2.26. The lowest BCUT2D eigenvalue weighted by atomic mass is 9.84. The second-order valence-corrected chi connectivity index (χ2v) is 5.89. The van der Waals surface area contributed by atoms with Gasteiger partial charge in [-0.25, -0.2) is 0 Å². The van der Waals surface area contributed by atoms with Gasteiger partial charge in [-0.1, -0.05) is 40.4 Å². The fraction of sp³-hybridized carbons (Fsp3) is 0.462. The fourth-order valence-corrected chi connectivity index (χ4v) is 3.16. The van der Waals surface area contributed by atoms with Crippen LogP contribution in [0.25, 0.3) is 0 Å². The third-order valence-electron chi connectivity index (χ3n) is 3.15. The summed E-state index contributed by atoms with van der Waals surface area (Å²) >= 11 is 9.43. The maximum Gasteiger partial charge on any atom is 0.167 e. The number of carbonyl (C=O) groups is 1. The van der Waals surface area contributed by atoms with Gasteiger partial charge in [0, 0.05) is 21.3 Å². The first-order valence-corrected chi connectivity index (χ1v) is 6.91. The molecular formula is C13H14BrClO. The number of hydrogen-bond acceptors (Lipinski definition) is 1. The van der Waals surface area contributed by atoms with Gasteiger partial charge in [0.2, 0.25) is 0 Å². The highest BCUT2D eigenvalue weighted by atomic mass is 79.9. The molecule has 0 N–H and O–H groups in total. The molecule has 0 bridgehead atoms. The molecule has 1 aliphatic carbocycles. The van der Waals surface area contributed by atoms with Crippen LogP contribution in [0, 0.1) is 5.92 Å². The molecule has 0 aliphatic heterocycles. The van der Waals surface area contributed by atoms with Crippen molar-refractivity contribution in [2.24, 2.45) is 5.92 Å². The zero-order valence-corrected chi connectivity index (χ0v) is 11.3. The van der Waals surface area contributed by atoms with E-state index in [1.807, 2.05) is 12.1 Å². The monoisotopic (exact) mass is 300 g/mol. The van der Waals surface area contributed by atoms with Crippen LogP contribution in [0.15, 0.2) is 24.3 Å². The highest BCUT2D eigenvalue weighted by Crippen LogP contribution is 2.32. The Bertz CT molecular complexity index is 374. The Morgan fingerprint density at radius 2 is 1.81 bits per heavy atom. The lowest BCUT2D eigenvalue weighted by molar-refractivity contribution is 0.0897. The Hall–Kier alpha value is -0.340. The number of ketones is 1. The molecule has 1 aromatic carbocycles. The number of rotatable bonds is 2. The van der Waals surface area contributed by atoms with Gasteiger partial charge in [-0.3, -0.25) is 4.79 Å². The van der Waals surface area contributed by atoms with Crippen LogP contribution in [0.5, 0.6) is 0 Å². The SMILES string of the molecule is O=C(c1ccc(Cl)cc1)[C@@H]1CCCC[C@H]1Br. The molecule has 2 rings (SSSR count). The minimum Gasteiger partial charge on any atom is -0.294 e. The number of benzene rings is 1. The zero-order valence-electron chi connectivity index (χ0n) is 8.96. The topological polar surface area (TPSA) is 17.1 Å². The Morgan fingerprint density at radius 1 is 1.19 bits per heavy atom. The summed E-state index contributed by atoms with van der Waals surface area (Å²) in [4.78, 5) is 12.6. The van der Waals surface area contributed by atoms with Crippen molar-refractivity contribution in [3.63, 3.8) is 0 Å². The van der Waals surface area contributed by atoms with Gasteiger partial charge in [0.25, 0.3) is 0 Å². The van der Waals surface area contributed by atoms with Gasteiger partial charge in [0.15, 0.2) is 5.78 Å². The number of hydrogen-bond donors (Lipinski definition) is 0. The average molecular weight is 302 g/mol. The molecule has 1 aromatic rings. The molecule has 0 radical (unpaired) electrons. The van der Waals surface area contributed by atoms with Crippen molar-refractivity contribution in [1.29, 1.82) is 0 Å². The molecule has 0 aromatic heterocycles. The molecule has 1 aliphatic rings. The molecule has 86 valence electrons. The van der Waals surface area contributed by atoms with Crippen LogP contribution in [-0.4, -0.2) is 10.6 Å². The third-order valence-corrected chi connectivity index (χ3v) is 4.50. The van der Waals surface area contributed by atoms with E-state index in [1.165, 1.54) is 6.42 Å². The molecule has 16 heavy (non-hydrogen) atoms. The predicted molar refractivity (Wildman–Crippen MR) is 70.5 cm³/mol. The Morgan fingerprint density at radius 3 is 2.44 bits per heavy atom. The number of carbonyl (C=O) groups excluding carboxylic acids is 1. The Kier molecular flexibility index (Phi) is 4.04. The first-order chi connectivity index (χ1) is 7.68. The largest absolute Gasteiger partial charge is 0.294 e. The van der Waals surface area contributed by atoms with E-state index < -0.39 is 0 Å². The van der Waals surface area contributed by atoms with E-state index in [9.17, 15) is 4.79 Å². The quantitative estimate of drug-likeness (QED) is 0.581. The summed E-state index contributed by atoms with van der Waals surface area (Å²) in [6.45, 7) is 0. The van der Waals surface area contributed by atoms with E-state index in [0.717, 1.165) is 24.8 Å². The first kappa shape index (κ1) is 12.1. The summed E-state index contributed by atoms with van der Waals surface area (Å²) in [6, 6.07) is 7.19. The van der Waals surface area contributed by atoms with Gasteiger partial charge < -0.3 is 0 Å². The summed E-state index contributed by atoms with van der Waals surface area (Å²) in [5.74, 6) is 0.383. The van der Waals surface area contributed by atoms with Crippen LogP contribution < -0.4 is 0 Å². The molecule has 1 fully saturated rings. The van der Waals surface area contributed by atoms with Crippen LogP contribution in [0.1, 0.15) is 36.0 Å². The Labute approximate surface area is 109 Å². The molecule has 1 nitrogen and oxygen atoms in total. The van der Waals surface area contributed by atoms with E-state index in [1.54, 1.807) is 12.1 Å². The molecule has 1 saturated carbocycles. The standard InChI is InChI=1S/C13H14BrClO/c14-12-4-2-1-3-11(12)13(16)9-5-7-10(15)8-6-9/h5-8,11-12H,1-4H2/t11-,12-/m1/s1. The highest BCUT2D eigenvalue weighted by Gasteiger charge is 2.29. The second-order valence-electron chi connectivity index (χ2n) is 4.28. The molecule has 0 unspecified atom stereocenters. The van der Waals surface area contributed by atoms with Crippen molar-refractivity contribution in [3.05, 3.63) is 34.9 Å². The van der Waals surface area contributed by atoms with Gasteiger partial charge in [-0.15, -0.1) is 0 Å².